The van der Waals surface area contributed by atoms with Gasteiger partial charge in [0.2, 0.25) is 0 Å². The first kappa shape index (κ1) is 15.1. The van der Waals surface area contributed by atoms with Crippen molar-refractivity contribution in [3.63, 3.8) is 0 Å². The van der Waals surface area contributed by atoms with E-state index in [4.69, 9.17) is 4.42 Å². The Bertz CT molecular complexity index is 794. The smallest absolute Gasteiger partial charge is 0.360 e. The molecule has 3 heteroatoms. The predicted molar refractivity (Wildman–Crippen MR) is 82.4 cm³/mol. The van der Waals surface area contributed by atoms with E-state index in [1.807, 2.05) is 55.5 Å². The van der Waals surface area contributed by atoms with E-state index in [1.165, 1.54) is 0 Å². The van der Waals surface area contributed by atoms with Gasteiger partial charge in [-0.3, -0.25) is 0 Å². The molecule has 2 nitrogen and oxygen atoms in total. The number of aryl methyl sites for hydroxylation is 1. The molecular formula is C18H15ClO2. The Morgan fingerprint density at radius 3 is 2.48 bits per heavy atom. The Balaban J connectivity index is 0.00000161. The number of phenolic OH excluding ortho intramolecular Hbond substituents is 1. The molecule has 0 saturated heterocycles. The van der Waals surface area contributed by atoms with Crippen molar-refractivity contribution >= 4 is 23.1 Å². The molecule has 0 aliphatic rings. The first-order valence-corrected chi connectivity index (χ1v) is 6.52. The number of fused-ring (bicyclic) bond motifs is 1. The van der Waals surface area contributed by atoms with Gasteiger partial charge in [-0.05, 0) is 31.2 Å². The molecule has 0 spiro atoms. The third-order valence-corrected chi connectivity index (χ3v) is 3.25. The van der Waals surface area contributed by atoms with Crippen LogP contribution in [0.5, 0.6) is 5.75 Å². The zero-order chi connectivity index (χ0) is 13.9. The van der Waals surface area contributed by atoms with E-state index in [9.17, 15) is 5.11 Å². The molecule has 0 bridgehead atoms. The summed E-state index contributed by atoms with van der Waals surface area (Å²) in [6.45, 7) is 2.01. The quantitative estimate of drug-likeness (QED) is 0.733. The third-order valence-electron chi connectivity index (χ3n) is 3.25. The van der Waals surface area contributed by atoms with Gasteiger partial charge in [-0.15, -0.1) is 0 Å². The van der Waals surface area contributed by atoms with Gasteiger partial charge < -0.3 is 17.5 Å². The average Bonchev–Trinajstić information content (AvgIpc) is 2.46. The Morgan fingerprint density at radius 1 is 0.952 bits per heavy atom. The highest BCUT2D eigenvalue weighted by atomic mass is 35.5. The Morgan fingerprint density at radius 2 is 1.67 bits per heavy atom. The lowest BCUT2D eigenvalue weighted by Gasteiger charge is -1.96. The van der Waals surface area contributed by atoms with E-state index in [-0.39, 0.29) is 18.2 Å². The molecule has 3 aromatic rings. The van der Waals surface area contributed by atoms with E-state index < -0.39 is 0 Å². The SMILES string of the molecule is Cc1cc2ccccc2[o+]c1/C=C/c1ccccc1O.[Cl-]. The Labute approximate surface area is 129 Å². The minimum absolute atomic E-state index is 0. The molecule has 3 rings (SSSR count). The molecular weight excluding hydrogens is 284 g/mol. The maximum absolute atomic E-state index is 9.75. The summed E-state index contributed by atoms with van der Waals surface area (Å²) in [5.74, 6) is 1.06. The summed E-state index contributed by atoms with van der Waals surface area (Å²) in [5.41, 5.74) is 2.70. The molecule has 0 atom stereocenters. The number of para-hydroxylation sites is 2. The maximum Gasteiger partial charge on any atom is 0.360 e. The second-order valence-electron chi connectivity index (χ2n) is 4.72. The molecule has 0 amide bonds. The topological polar surface area (TPSA) is 31.5 Å². The summed E-state index contributed by atoms with van der Waals surface area (Å²) in [7, 11) is 0. The number of halogens is 1. The van der Waals surface area contributed by atoms with E-state index >= 15 is 0 Å². The van der Waals surface area contributed by atoms with Gasteiger partial charge in [0.1, 0.15) is 5.75 Å². The number of hydrogen-bond acceptors (Lipinski definition) is 1. The van der Waals surface area contributed by atoms with E-state index in [2.05, 4.69) is 6.07 Å². The second kappa shape index (κ2) is 6.42. The van der Waals surface area contributed by atoms with Gasteiger partial charge in [-0.1, -0.05) is 30.3 Å². The Hall–Kier alpha value is -2.32. The fraction of sp³-hybridized carbons (Fsp3) is 0.0556. The first-order chi connectivity index (χ1) is 9.74. The van der Waals surface area contributed by atoms with Crippen molar-refractivity contribution in [2.24, 2.45) is 0 Å². The molecule has 0 fully saturated rings. The molecule has 0 aliphatic heterocycles. The van der Waals surface area contributed by atoms with Crippen LogP contribution in [0.4, 0.5) is 0 Å². The number of hydrogen-bond donors (Lipinski definition) is 1. The molecule has 0 aliphatic carbocycles. The molecule has 0 unspecified atom stereocenters. The molecule has 1 heterocycles. The number of benzene rings is 2. The van der Waals surface area contributed by atoms with Crippen LogP contribution in [0.15, 0.2) is 59.0 Å². The van der Waals surface area contributed by atoms with Gasteiger partial charge >= 0.3 is 11.3 Å². The van der Waals surface area contributed by atoms with Crippen molar-refractivity contribution in [2.45, 2.75) is 6.92 Å². The van der Waals surface area contributed by atoms with Crippen LogP contribution in [0.1, 0.15) is 16.9 Å². The molecule has 0 radical (unpaired) electrons. The number of rotatable bonds is 2. The van der Waals surface area contributed by atoms with Crippen molar-refractivity contribution in [3.05, 3.63) is 71.5 Å². The van der Waals surface area contributed by atoms with Gasteiger partial charge in [-0.2, -0.15) is 0 Å². The van der Waals surface area contributed by atoms with Crippen molar-refractivity contribution < 1.29 is 21.9 Å². The first-order valence-electron chi connectivity index (χ1n) is 6.52. The standard InChI is InChI=1S/C18H14O2.ClH/c1-13-12-15-7-3-5-9-18(15)20-17(13)11-10-14-6-2-4-8-16(14)19;/h2-12H,1H3;1H/b11-10+;. The van der Waals surface area contributed by atoms with Crippen LogP contribution in [0.2, 0.25) is 0 Å². The lowest BCUT2D eigenvalue weighted by atomic mass is 10.1. The van der Waals surface area contributed by atoms with Crippen molar-refractivity contribution in [1.82, 2.24) is 0 Å². The molecule has 106 valence electrons. The zero-order valence-corrected chi connectivity index (χ0v) is 12.3. The Kier molecular flexibility index (Phi) is 4.61. The zero-order valence-electron chi connectivity index (χ0n) is 11.6. The van der Waals surface area contributed by atoms with Crippen molar-refractivity contribution in [1.29, 1.82) is 0 Å². The number of aromatic hydroxyl groups is 1. The van der Waals surface area contributed by atoms with Crippen LogP contribution >= 0.6 is 0 Å². The summed E-state index contributed by atoms with van der Waals surface area (Å²) < 4.78 is 5.89. The van der Waals surface area contributed by atoms with E-state index in [0.29, 0.717) is 0 Å². The fourth-order valence-electron chi connectivity index (χ4n) is 2.16. The van der Waals surface area contributed by atoms with E-state index in [1.54, 1.807) is 12.1 Å². The summed E-state index contributed by atoms with van der Waals surface area (Å²) in [6.07, 6.45) is 3.74. The van der Waals surface area contributed by atoms with E-state index in [0.717, 1.165) is 27.9 Å². The van der Waals surface area contributed by atoms with Crippen LogP contribution in [-0.4, -0.2) is 5.11 Å². The van der Waals surface area contributed by atoms with Crippen LogP contribution in [0.3, 0.4) is 0 Å². The monoisotopic (exact) mass is 298 g/mol. The van der Waals surface area contributed by atoms with Gasteiger partial charge in [-0.25, -0.2) is 4.42 Å². The summed E-state index contributed by atoms with van der Waals surface area (Å²) in [6, 6.07) is 17.3. The largest absolute Gasteiger partial charge is 1.00 e. The summed E-state index contributed by atoms with van der Waals surface area (Å²) >= 11 is 0. The molecule has 2 aromatic carbocycles. The molecule has 1 N–H and O–H groups in total. The lowest BCUT2D eigenvalue weighted by molar-refractivity contribution is -0.00000539. The molecule has 0 saturated carbocycles. The fourth-order valence-corrected chi connectivity index (χ4v) is 2.16. The van der Waals surface area contributed by atoms with Crippen LogP contribution < -0.4 is 12.4 Å². The van der Waals surface area contributed by atoms with Gasteiger partial charge in [0.25, 0.3) is 0 Å². The van der Waals surface area contributed by atoms with Crippen LogP contribution in [0.25, 0.3) is 23.1 Å². The molecule has 1 aromatic heterocycles. The minimum atomic E-state index is 0. The van der Waals surface area contributed by atoms with Crippen molar-refractivity contribution in [3.8, 4) is 5.75 Å². The maximum atomic E-state index is 9.75. The lowest BCUT2D eigenvalue weighted by Crippen LogP contribution is -3.00. The normalized spacial score (nSPS) is 10.7. The second-order valence-corrected chi connectivity index (χ2v) is 4.72. The van der Waals surface area contributed by atoms with Crippen LogP contribution in [-0.2, 0) is 0 Å². The molecule has 21 heavy (non-hydrogen) atoms. The third kappa shape index (κ3) is 3.23. The predicted octanol–water partition coefficient (Wildman–Crippen LogP) is 1.90. The highest BCUT2D eigenvalue weighted by Crippen LogP contribution is 2.23. The van der Waals surface area contributed by atoms with Crippen molar-refractivity contribution in [2.75, 3.05) is 0 Å². The summed E-state index contributed by atoms with van der Waals surface area (Å²) in [4.78, 5) is 0. The highest BCUT2D eigenvalue weighted by molar-refractivity contribution is 5.80. The van der Waals surface area contributed by atoms with Gasteiger partial charge in [0.05, 0.1) is 10.9 Å². The van der Waals surface area contributed by atoms with Gasteiger partial charge in [0, 0.05) is 17.7 Å². The minimum Gasteiger partial charge on any atom is -1.00 e. The number of phenols is 1. The average molecular weight is 299 g/mol. The highest BCUT2D eigenvalue weighted by Gasteiger charge is 2.13. The van der Waals surface area contributed by atoms with Gasteiger partial charge in [0.15, 0.2) is 0 Å². The summed E-state index contributed by atoms with van der Waals surface area (Å²) in [5, 5.41) is 10.8. The van der Waals surface area contributed by atoms with Crippen LogP contribution in [0, 0.1) is 6.92 Å².